The van der Waals surface area contributed by atoms with Gasteiger partial charge in [0.1, 0.15) is 0 Å². The Morgan fingerprint density at radius 3 is 2.91 bits per heavy atom. The SMILES string of the molecule is Cc1nc(CSCC(=O)NC(CC(C)C)c2cccs2)no1. The van der Waals surface area contributed by atoms with Crippen molar-refractivity contribution in [1.29, 1.82) is 0 Å². The van der Waals surface area contributed by atoms with Crippen molar-refractivity contribution < 1.29 is 9.32 Å². The molecule has 0 saturated carbocycles. The van der Waals surface area contributed by atoms with Crippen molar-refractivity contribution in [3.63, 3.8) is 0 Å². The summed E-state index contributed by atoms with van der Waals surface area (Å²) in [6.07, 6.45) is 0.945. The van der Waals surface area contributed by atoms with Gasteiger partial charge in [-0.25, -0.2) is 0 Å². The van der Waals surface area contributed by atoms with Crippen LogP contribution < -0.4 is 5.32 Å². The molecular weight excluding hydrogens is 318 g/mol. The molecule has 0 aromatic carbocycles. The maximum absolute atomic E-state index is 12.1. The van der Waals surface area contributed by atoms with Gasteiger partial charge in [0.15, 0.2) is 5.82 Å². The van der Waals surface area contributed by atoms with Crippen LogP contribution in [0.5, 0.6) is 0 Å². The van der Waals surface area contributed by atoms with Crippen LogP contribution in [-0.2, 0) is 10.5 Å². The second kappa shape index (κ2) is 8.33. The van der Waals surface area contributed by atoms with Gasteiger partial charge in [-0.2, -0.15) is 4.98 Å². The molecule has 0 bridgehead atoms. The fraction of sp³-hybridized carbons (Fsp3) is 0.533. The summed E-state index contributed by atoms with van der Waals surface area (Å²) >= 11 is 3.18. The van der Waals surface area contributed by atoms with Crippen molar-refractivity contribution in [2.45, 2.75) is 39.0 Å². The molecule has 0 saturated heterocycles. The van der Waals surface area contributed by atoms with Crippen LogP contribution in [0.1, 0.15) is 42.9 Å². The van der Waals surface area contributed by atoms with Gasteiger partial charge in [0.2, 0.25) is 11.8 Å². The van der Waals surface area contributed by atoms with Gasteiger partial charge in [-0.3, -0.25) is 4.79 Å². The molecule has 5 nitrogen and oxygen atoms in total. The quantitative estimate of drug-likeness (QED) is 0.796. The van der Waals surface area contributed by atoms with Crippen LogP contribution in [0, 0.1) is 12.8 Å². The fourth-order valence-corrected chi connectivity index (χ4v) is 3.54. The summed E-state index contributed by atoms with van der Waals surface area (Å²) in [5.41, 5.74) is 0. The van der Waals surface area contributed by atoms with Crippen LogP contribution in [-0.4, -0.2) is 21.8 Å². The first-order chi connectivity index (χ1) is 10.5. The molecular formula is C15H21N3O2S2. The standard InChI is InChI=1S/C15H21N3O2S2/c1-10(2)7-12(13-5-4-6-22-13)17-15(19)9-21-8-14-16-11(3)20-18-14/h4-6,10,12H,7-9H2,1-3H3,(H,17,19). The molecule has 0 spiro atoms. The van der Waals surface area contributed by atoms with Gasteiger partial charge in [0.05, 0.1) is 17.5 Å². The van der Waals surface area contributed by atoms with Crippen molar-refractivity contribution in [1.82, 2.24) is 15.5 Å². The normalized spacial score (nSPS) is 12.5. The van der Waals surface area contributed by atoms with E-state index in [1.165, 1.54) is 16.6 Å². The minimum atomic E-state index is 0.0456. The number of aryl methyl sites for hydroxylation is 1. The van der Waals surface area contributed by atoms with Crippen LogP contribution in [0.25, 0.3) is 0 Å². The molecule has 2 aromatic rings. The van der Waals surface area contributed by atoms with E-state index in [4.69, 9.17) is 4.52 Å². The van der Waals surface area contributed by atoms with E-state index in [9.17, 15) is 4.79 Å². The summed E-state index contributed by atoms with van der Waals surface area (Å²) in [6, 6.07) is 4.19. The maximum Gasteiger partial charge on any atom is 0.230 e. The molecule has 120 valence electrons. The number of nitrogens with zero attached hydrogens (tertiary/aromatic N) is 2. The van der Waals surface area contributed by atoms with E-state index in [1.807, 2.05) is 11.4 Å². The number of thioether (sulfide) groups is 1. The Hall–Kier alpha value is -1.34. The third kappa shape index (κ3) is 5.46. The highest BCUT2D eigenvalue weighted by Crippen LogP contribution is 2.25. The van der Waals surface area contributed by atoms with Gasteiger partial charge in [0, 0.05) is 11.8 Å². The lowest BCUT2D eigenvalue weighted by atomic mass is 10.0. The topological polar surface area (TPSA) is 68.0 Å². The van der Waals surface area contributed by atoms with Gasteiger partial charge in [-0.15, -0.1) is 23.1 Å². The first kappa shape index (κ1) is 17.0. The van der Waals surface area contributed by atoms with Gasteiger partial charge < -0.3 is 9.84 Å². The highest BCUT2D eigenvalue weighted by atomic mass is 32.2. The Kier molecular flexibility index (Phi) is 6.45. The van der Waals surface area contributed by atoms with Crippen LogP contribution in [0.2, 0.25) is 0 Å². The maximum atomic E-state index is 12.1. The monoisotopic (exact) mass is 339 g/mol. The average Bonchev–Trinajstić information content (AvgIpc) is 3.09. The smallest absolute Gasteiger partial charge is 0.230 e. The van der Waals surface area contributed by atoms with Gasteiger partial charge in [-0.05, 0) is 23.8 Å². The fourth-order valence-electron chi connectivity index (χ4n) is 2.08. The van der Waals surface area contributed by atoms with E-state index in [2.05, 4.69) is 35.4 Å². The lowest BCUT2D eigenvalue weighted by Gasteiger charge is -2.19. The first-order valence-electron chi connectivity index (χ1n) is 7.24. The lowest BCUT2D eigenvalue weighted by molar-refractivity contribution is -0.119. The van der Waals surface area contributed by atoms with Crippen molar-refractivity contribution >= 4 is 29.0 Å². The number of aromatic nitrogens is 2. The molecule has 2 rings (SSSR count). The molecule has 0 aliphatic heterocycles. The van der Waals surface area contributed by atoms with E-state index < -0.39 is 0 Å². The highest BCUT2D eigenvalue weighted by molar-refractivity contribution is 7.99. The number of hydrogen-bond acceptors (Lipinski definition) is 6. The van der Waals surface area contributed by atoms with Crippen molar-refractivity contribution in [3.8, 4) is 0 Å². The molecule has 1 atom stereocenters. The zero-order valence-electron chi connectivity index (χ0n) is 13.0. The molecule has 0 aliphatic carbocycles. The molecule has 2 aromatic heterocycles. The number of rotatable bonds is 8. The predicted octanol–water partition coefficient (Wildman–Crippen LogP) is 3.58. The minimum Gasteiger partial charge on any atom is -0.348 e. The third-order valence-electron chi connectivity index (χ3n) is 2.96. The van der Waals surface area contributed by atoms with Crippen molar-refractivity contribution in [3.05, 3.63) is 34.1 Å². The van der Waals surface area contributed by atoms with E-state index in [0.29, 0.717) is 29.1 Å². The molecule has 1 N–H and O–H groups in total. The van der Waals surface area contributed by atoms with Gasteiger partial charge in [0.25, 0.3) is 0 Å². The molecule has 0 aliphatic rings. The van der Waals surface area contributed by atoms with Gasteiger partial charge in [-0.1, -0.05) is 25.1 Å². The second-order valence-electron chi connectivity index (χ2n) is 5.49. The zero-order valence-corrected chi connectivity index (χ0v) is 14.7. The Balaban J connectivity index is 1.80. The van der Waals surface area contributed by atoms with Crippen LogP contribution in [0.4, 0.5) is 0 Å². The Bertz CT molecular complexity index is 581. The molecule has 7 heteroatoms. The molecule has 0 fully saturated rings. The Labute approximate surface area is 138 Å². The number of carbonyl (C=O) groups excluding carboxylic acids is 1. The van der Waals surface area contributed by atoms with E-state index >= 15 is 0 Å². The average molecular weight is 339 g/mol. The van der Waals surface area contributed by atoms with Crippen molar-refractivity contribution in [2.24, 2.45) is 5.92 Å². The molecule has 22 heavy (non-hydrogen) atoms. The summed E-state index contributed by atoms with van der Waals surface area (Å²) in [5.74, 6) is 2.74. The predicted molar refractivity (Wildman–Crippen MR) is 89.9 cm³/mol. The summed E-state index contributed by atoms with van der Waals surface area (Å²) < 4.78 is 4.91. The minimum absolute atomic E-state index is 0.0456. The van der Waals surface area contributed by atoms with Crippen LogP contribution >= 0.6 is 23.1 Å². The van der Waals surface area contributed by atoms with Crippen LogP contribution in [0.3, 0.4) is 0 Å². The lowest BCUT2D eigenvalue weighted by Crippen LogP contribution is -2.30. The zero-order chi connectivity index (χ0) is 15.9. The van der Waals surface area contributed by atoms with E-state index in [1.54, 1.807) is 18.3 Å². The largest absolute Gasteiger partial charge is 0.348 e. The first-order valence-corrected chi connectivity index (χ1v) is 9.27. The van der Waals surface area contributed by atoms with Crippen LogP contribution in [0.15, 0.2) is 22.0 Å². The number of thiophene rings is 1. The number of hydrogen-bond donors (Lipinski definition) is 1. The molecule has 2 heterocycles. The Morgan fingerprint density at radius 1 is 1.50 bits per heavy atom. The van der Waals surface area contributed by atoms with E-state index in [-0.39, 0.29) is 11.9 Å². The summed E-state index contributed by atoms with van der Waals surface area (Å²) in [5, 5.41) is 8.99. The number of nitrogens with one attached hydrogen (secondary N) is 1. The van der Waals surface area contributed by atoms with Gasteiger partial charge >= 0.3 is 0 Å². The van der Waals surface area contributed by atoms with E-state index in [0.717, 1.165) is 6.42 Å². The number of amides is 1. The highest BCUT2D eigenvalue weighted by Gasteiger charge is 2.17. The summed E-state index contributed by atoms with van der Waals surface area (Å²) in [6.45, 7) is 6.09. The molecule has 1 amide bonds. The summed E-state index contributed by atoms with van der Waals surface area (Å²) in [4.78, 5) is 17.5. The third-order valence-corrected chi connectivity index (χ3v) is 4.88. The molecule has 1 unspecified atom stereocenters. The molecule has 0 radical (unpaired) electrons. The van der Waals surface area contributed by atoms with Crippen molar-refractivity contribution in [2.75, 3.05) is 5.75 Å². The number of carbonyl (C=O) groups is 1. The Morgan fingerprint density at radius 2 is 2.32 bits per heavy atom. The second-order valence-corrected chi connectivity index (χ2v) is 7.45. The summed E-state index contributed by atoms with van der Waals surface area (Å²) in [7, 11) is 0.